The highest BCUT2D eigenvalue weighted by Crippen LogP contribution is 2.68. The maximum absolute atomic E-state index is 13.5. The van der Waals surface area contributed by atoms with Gasteiger partial charge in [-0.15, -0.1) is 0 Å². The van der Waals surface area contributed by atoms with Gasteiger partial charge in [0.25, 0.3) is 0 Å². The summed E-state index contributed by atoms with van der Waals surface area (Å²) in [6, 6.07) is 4.17. The van der Waals surface area contributed by atoms with Gasteiger partial charge in [-0.3, -0.25) is 4.79 Å². The molecule has 6 atom stereocenters. The third-order valence-corrected chi connectivity index (χ3v) is 6.89. The molecule has 4 fully saturated rings. The minimum Gasteiger partial charge on any atom is -0.323 e. The molecule has 24 heavy (non-hydrogen) atoms. The maximum atomic E-state index is 13.5. The molecule has 0 aromatic rings. The zero-order valence-corrected chi connectivity index (χ0v) is 13.7. The van der Waals surface area contributed by atoms with E-state index >= 15 is 0 Å². The molecule has 1 spiro atoms. The monoisotopic (exact) mass is 330 g/mol. The number of halogens is 1. The lowest BCUT2D eigenvalue weighted by Gasteiger charge is -2.26. The van der Waals surface area contributed by atoms with Crippen LogP contribution in [-0.4, -0.2) is 42.2 Å². The van der Waals surface area contributed by atoms with E-state index in [4.69, 9.17) is 5.26 Å². The summed E-state index contributed by atoms with van der Waals surface area (Å²) in [5, 5.41) is 21.7. The quantitative estimate of drug-likeness (QED) is 0.855. The van der Waals surface area contributed by atoms with Crippen LogP contribution >= 0.6 is 0 Å². The van der Waals surface area contributed by atoms with Crippen molar-refractivity contribution >= 4 is 5.91 Å². The number of hydrogen-bond donors (Lipinski definition) is 1. The molecular weight excluding hydrogens is 307 g/mol. The standard InChI is InChI=1S/C18H23FN4O/c19-13-6-14(8-21)23(10-13)17(24)9-22-16-5-12-3-11(7-20)4-15(12)18(16)1-2-18/h11-16,22H,1-6,9-10H2/t11?,12-,13+,14+,15-,16-/m1/s1. The molecule has 1 amide bonds. The molecule has 3 aliphatic carbocycles. The number of fused-ring (bicyclic) bond motifs is 2. The zero-order valence-electron chi connectivity index (χ0n) is 13.7. The minimum atomic E-state index is -1.08. The lowest BCUT2D eigenvalue weighted by molar-refractivity contribution is -0.130. The average molecular weight is 330 g/mol. The SMILES string of the molecule is N#CC1C[C@@H]2C[C@@H](NCC(=O)N3C[C@@H](F)C[C@H]3C#N)C3(CC3)[C@@H]2C1. The number of rotatable bonds is 3. The topological polar surface area (TPSA) is 79.9 Å². The van der Waals surface area contributed by atoms with Gasteiger partial charge < -0.3 is 10.2 Å². The summed E-state index contributed by atoms with van der Waals surface area (Å²) in [6.07, 6.45) is 4.49. The summed E-state index contributed by atoms with van der Waals surface area (Å²) < 4.78 is 13.5. The van der Waals surface area contributed by atoms with E-state index in [9.17, 15) is 14.4 Å². The second-order valence-corrected chi connectivity index (χ2v) is 8.09. The molecule has 0 bridgehead atoms. The summed E-state index contributed by atoms with van der Waals surface area (Å²) in [5.74, 6) is 1.29. The third-order valence-electron chi connectivity index (χ3n) is 6.89. The van der Waals surface area contributed by atoms with E-state index in [2.05, 4.69) is 11.4 Å². The van der Waals surface area contributed by atoms with Gasteiger partial charge in [0, 0.05) is 18.4 Å². The Hall–Kier alpha value is -1.66. The zero-order chi connectivity index (χ0) is 16.9. The van der Waals surface area contributed by atoms with Gasteiger partial charge in [-0.25, -0.2) is 4.39 Å². The minimum absolute atomic E-state index is 0.0453. The third kappa shape index (κ3) is 2.40. The Labute approximate surface area is 141 Å². The average Bonchev–Trinajstić information content (AvgIpc) is 3.00. The van der Waals surface area contributed by atoms with Crippen molar-refractivity contribution in [2.75, 3.05) is 13.1 Å². The molecule has 6 heteroatoms. The fraction of sp³-hybridized carbons (Fsp3) is 0.833. The lowest BCUT2D eigenvalue weighted by Crippen LogP contribution is -2.45. The highest BCUT2D eigenvalue weighted by Gasteiger charge is 2.63. The molecule has 1 N–H and O–H groups in total. The molecule has 0 radical (unpaired) electrons. The number of carbonyl (C=O) groups is 1. The van der Waals surface area contributed by atoms with Crippen molar-refractivity contribution in [3.63, 3.8) is 0 Å². The van der Waals surface area contributed by atoms with Crippen LogP contribution in [-0.2, 0) is 4.79 Å². The molecular formula is C18H23FN4O. The van der Waals surface area contributed by atoms with Crippen molar-refractivity contribution in [1.82, 2.24) is 10.2 Å². The summed E-state index contributed by atoms with van der Waals surface area (Å²) in [6.45, 7) is 0.238. The summed E-state index contributed by atoms with van der Waals surface area (Å²) in [4.78, 5) is 13.8. The smallest absolute Gasteiger partial charge is 0.237 e. The Kier molecular flexibility index (Phi) is 3.77. The summed E-state index contributed by atoms with van der Waals surface area (Å²) in [5.41, 5.74) is 0.290. The van der Waals surface area contributed by atoms with Gasteiger partial charge >= 0.3 is 0 Å². The predicted molar refractivity (Wildman–Crippen MR) is 84.0 cm³/mol. The van der Waals surface area contributed by atoms with Gasteiger partial charge in [-0.2, -0.15) is 10.5 Å². The Morgan fingerprint density at radius 2 is 2.00 bits per heavy atom. The van der Waals surface area contributed by atoms with Gasteiger partial charge in [-0.05, 0) is 49.4 Å². The first-order valence-electron chi connectivity index (χ1n) is 9.03. The van der Waals surface area contributed by atoms with Gasteiger partial charge in [0.2, 0.25) is 5.91 Å². The molecule has 4 aliphatic rings. The van der Waals surface area contributed by atoms with Crippen molar-refractivity contribution in [2.45, 2.75) is 56.8 Å². The molecule has 128 valence electrons. The Bertz CT molecular complexity index is 619. The van der Waals surface area contributed by atoms with Crippen LogP contribution in [0.3, 0.4) is 0 Å². The number of nitrogens with one attached hydrogen (secondary N) is 1. The van der Waals surface area contributed by atoms with Crippen LogP contribution in [0.4, 0.5) is 4.39 Å². The number of hydrogen-bond acceptors (Lipinski definition) is 4. The Balaban J connectivity index is 1.35. The summed E-state index contributed by atoms with van der Waals surface area (Å²) in [7, 11) is 0. The van der Waals surface area contributed by atoms with Crippen molar-refractivity contribution in [1.29, 1.82) is 10.5 Å². The molecule has 0 aromatic carbocycles. The second kappa shape index (κ2) is 5.70. The highest BCUT2D eigenvalue weighted by atomic mass is 19.1. The van der Waals surface area contributed by atoms with Crippen LogP contribution in [0.15, 0.2) is 0 Å². The number of likely N-dealkylation sites (tertiary alicyclic amines) is 1. The van der Waals surface area contributed by atoms with Crippen LogP contribution < -0.4 is 5.32 Å². The van der Waals surface area contributed by atoms with Crippen molar-refractivity contribution < 1.29 is 9.18 Å². The van der Waals surface area contributed by atoms with E-state index in [1.165, 1.54) is 17.7 Å². The van der Waals surface area contributed by atoms with Crippen LogP contribution in [0.1, 0.15) is 38.5 Å². The van der Waals surface area contributed by atoms with Crippen LogP contribution in [0.2, 0.25) is 0 Å². The Morgan fingerprint density at radius 1 is 1.21 bits per heavy atom. The molecule has 3 saturated carbocycles. The molecule has 1 aliphatic heterocycles. The molecule has 4 rings (SSSR count). The van der Waals surface area contributed by atoms with E-state index in [-0.39, 0.29) is 31.3 Å². The first kappa shape index (κ1) is 15.8. The summed E-state index contributed by atoms with van der Waals surface area (Å²) >= 11 is 0. The highest BCUT2D eigenvalue weighted by molar-refractivity contribution is 5.79. The number of alkyl halides is 1. The first-order valence-corrected chi connectivity index (χ1v) is 9.03. The number of nitrogens with zero attached hydrogens (tertiary/aromatic N) is 3. The van der Waals surface area contributed by atoms with Crippen molar-refractivity contribution in [2.24, 2.45) is 23.2 Å². The van der Waals surface area contributed by atoms with E-state index in [1.807, 2.05) is 6.07 Å². The molecule has 1 unspecified atom stereocenters. The molecule has 5 nitrogen and oxygen atoms in total. The van der Waals surface area contributed by atoms with E-state index in [0.29, 0.717) is 23.3 Å². The van der Waals surface area contributed by atoms with Crippen molar-refractivity contribution in [3.05, 3.63) is 0 Å². The van der Waals surface area contributed by atoms with Gasteiger partial charge in [0.05, 0.1) is 25.2 Å². The fourth-order valence-corrected chi connectivity index (χ4v) is 5.64. The Morgan fingerprint density at radius 3 is 2.67 bits per heavy atom. The van der Waals surface area contributed by atoms with E-state index in [0.717, 1.165) is 19.3 Å². The number of amides is 1. The first-order chi connectivity index (χ1) is 11.6. The van der Waals surface area contributed by atoms with Crippen LogP contribution in [0.25, 0.3) is 0 Å². The van der Waals surface area contributed by atoms with Crippen LogP contribution in [0.5, 0.6) is 0 Å². The largest absolute Gasteiger partial charge is 0.323 e. The lowest BCUT2D eigenvalue weighted by atomic mass is 9.86. The van der Waals surface area contributed by atoms with Crippen LogP contribution in [0, 0.1) is 45.8 Å². The van der Waals surface area contributed by atoms with E-state index in [1.54, 1.807) is 0 Å². The maximum Gasteiger partial charge on any atom is 0.237 e. The normalized spacial score (nSPS) is 41.9. The number of carbonyl (C=O) groups excluding carboxylic acids is 1. The van der Waals surface area contributed by atoms with E-state index < -0.39 is 12.2 Å². The van der Waals surface area contributed by atoms with Gasteiger partial charge in [0.1, 0.15) is 12.2 Å². The molecule has 1 heterocycles. The van der Waals surface area contributed by atoms with Gasteiger partial charge in [-0.1, -0.05) is 0 Å². The van der Waals surface area contributed by atoms with Crippen molar-refractivity contribution in [3.8, 4) is 12.1 Å². The fourth-order valence-electron chi connectivity index (χ4n) is 5.64. The number of nitriles is 2. The predicted octanol–water partition coefficient (Wildman–Crippen LogP) is 1.76. The second-order valence-electron chi connectivity index (χ2n) is 8.09. The molecule has 1 saturated heterocycles. The molecule has 0 aromatic heterocycles. The van der Waals surface area contributed by atoms with Gasteiger partial charge in [0.15, 0.2) is 0 Å².